The molecule has 0 amide bonds. The number of hydrogen-bond acceptors (Lipinski definition) is 3. The molecule has 0 spiro atoms. The van der Waals surface area contributed by atoms with Crippen LogP contribution in [0.2, 0.25) is 0 Å². The molecule has 0 aliphatic carbocycles. The summed E-state index contributed by atoms with van der Waals surface area (Å²) in [6.07, 6.45) is 0. The van der Waals surface area contributed by atoms with Crippen LogP contribution in [0.4, 0.5) is 5.69 Å². The molecule has 1 heterocycles. The van der Waals surface area contributed by atoms with Crippen LogP contribution in [0.25, 0.3) is 0 Å². The molecule has 0 bridgehead atoms. The maximum atomic E-state index is 5.79. The van der Waals surface area contributed by atoms with Gasteiger partial charge >= 0.3 is 0 Å². The number of benzene rings is 2. The number of para-hydroxylation sites is 1. The van der Waals surface area contributed by atoms with Gasteiger partial charge in [-0.1, -0.05) is 40.2 Å². The summed E-state index contributed by atoms with van der Waals surface area (Å²) in [6.45, 7) is 3.45. The van der Waals surface area contributed by atoms with Crippen molar-refractivity contribution in [2.75, 3.05) is 18.9 Å². The van der Waals surface area contributed by atoms with Crippen molar-refractivity contribution in [2.45, 2.75) is 13.1 Å². The lowest BCUT2D eigenvalue weighted by Gasteiger charge is -2.20. The fraction of sp³-hybridized carbons (Fsp3) is 0.250. The second-order valence-corrected chi connectivity index (χ2v) is 5.87. The van der Waals surface area contributed by atoms with E-state index in [2.05, 4.69) is 39.0 Å². The van der Waals surface area contributed by atoms with E-state index in [1.165, 1.54) is 11.1 Å². The van der Waals surface area contributed by atoms with Crippen molar-refractivity contribution in [2.24, 2.45) is 0 Å². The minimum absolute atomic E-state index is 0.726. The van der Waals surface area contributed by atoms with Crippen LogP contribution in [0.3, 0.4) is 0 Å². The van der Waals surface area contributed by atoms with Crippen LogP contribution in [-0.2, 0) is 13.1 Å². The quantitative estimate of drug-likeness (QED) is 0.856. The zero-order chi connectivity index (χ0) is 13.9. The highest BCUT2D eigenvalue weighted by atomic mass is 79.9. The summed E-state index contributed by atoms with van der Waals surface area (Å²) in [5.74, 6) is 1.01. The first kappa shape index (κ1) is 13.5. The molecule has 0 unspecified atom stereocenters. The number of rotatable bonds is 2. The lowest BCUT2D eigenvalue weighted by Crippen LogP contribution is -2.25. The van der Waals surface area contributed by atoms with Gasteiger partial charge in [0.15, 0.2) is 0 Å². The number of hydrogen-bond donors (Lipinski definition) is 1. The minimum atomic E-state index is 0.726. The molecule has 0 aromatic heterocycles. The Morgan fingerprint density at radius 1 is 1.20 bits per heavy atom. The summed E-state index contributed by atoms with van der Waals surface area (Å²) in [6, 6.07) is 14.2. The molecule has 104 valence electrons. The van der Waals surface area contributed by atoms with E-state index < -0.39 is 0 Å². The number of halogens is 1. The molecular weight excluding hydrogens is 316 g/mol. The van der Waals surface area contributed by atoms with Crippen LogP contribution in [0.5, 0.6) is 5.75 Å². The first-order chi connectivity index (χ1) is 9.72. The SMILES string of the molecule is Nc1ccc(CN2CCOc3ccccc3C2)c(Br)c1. The Hall–Kier alpha value is -1.52. The van der Waals surface area contributed by atoms with Crippen LogP contribution in [0, 0.1) is 0 Å². The summed E-state index contributed by atoms with van der Waals surface area (Å²) >= 11 is 3.59. The smallest absolute Gasteiger partial charge is 0.123 e. The molecule has 4 heteroatoms. The largest absolute Gasteiger partial charge is 0.492 e. The Morgan fingerprint density at radius 2 is 2.05 bits per heavy atom. The highest BCUT2D eigenvalue weighted by molar-refractivity contribution is 9.10. The van der Waals surface area contributed by atoms with Gasteiger partial charge in [0.05, 0.1) is 0 Å². The fourth-order valence-corrected chi connectivity index (χ4v) is 2.97. The third-order valence-electron chi connectivity index (χ3n) is 3.50. The van der Waals surface area contributed by atoms with Gasteiger partial charge in [-0.2, -0.15) is 0 Å². The average Bonchev–Trinajstić information content (AvgIpc) is 2.63. The molecule has 0 atom stereocenters. The van der Waals surface area contributed by atoms with Crippen molar-refractivity contribution in [3.63, 3.8) is 0 Å². The number of nitrogens with zero attached hydrogens (tertiary/aromatic N) is 1. The maximum Gasteiger partial charge on any atom is 0.123 e. The summed E-state index contributed by atoms with van der Waals surface area (Å²) in [5, 5.41) is 0. The van der Waals surface area contributed by atoms with Crippen molar-refractivity contribution >= 4 is 21.6 Å². The van der Waals surface area contributed by atoms with Crippen molar-refractivity contribution in [1.29, 1.82) is 0 Å². The molecule has 2 N–H and O–H groups in total. The van der Waals surface area contributed by atoms with Gasteiger partial charge in [0.2, 0.25) is 0 Å². The summed E-state index contributed by atoms with van der Waals surface area (Å²) in [4.78, 5) is 2.39. The van der Waals surface area contributed by atoms with Gasteiger partial charge in [-0.05, 0) is 23.8 Å². The van der Waals surface area contributed by atoms with E-state index in [-0.39, 0.29) is 0 Å². The number of ether oxygens (including phenoxy) is 1. The Labute approximate surface area is 127 Å². The van der Waals surface area contributed by atoms with Crippen molar-refractivity contribution in [1.82, 2.24) is 4.90 Å². The van der Waals surface area contributed by atoms with Gasteiger partial charge in [0.1, 0.15) is 12.4 Å². The summed E-state index contributed by atoms with van der Waals surface area (Å²) in [5.41, 5.74) is 9.06. The van der Waals surface area contributed by atoms with E-state index in [1.807, 2.05) is 24.3 Å². The molecular formula is C16H17BrN2O. The molecule has 0 saturated heterocycles. The second-order valence-electron chi connectivity index (χ2n) is 5.02. The van der Waals surface area contributed by atoms with Gasteiger partial charge in [-0.15, -0.1) is 0 Å². The Bertz CT molecular complexity index is 615. The van der Waals surface area contributed by atoms with Crippen LogP contribution in [0.15, 0.2) is 46.9 Å². The molecule has 3 nitrogen and oxygen atoms in total. The van der Waals surface area contributed by atoms with E-state index in [9.17, 15) is 0 Å². The van der Waals surface area contributed by atoms with E-state index >= 15 is 0 Å². The normalized spacial score (nSPS) is 15.2. The molecule has 1 aliphatic rings. The molecule has 0 saturated carbocycles. The predicted octanol–water partition coefficient (Wildman–Crippen LogP) is 3.43. The third-order valence-corrected chi connectivity index (χ3v) is 4.24. The number of anilines is 1. The Morgan fingerprint density at radius 3 is 2.90 bits per heavy atom. The summed E-state index contributed by atoms with van der Waals surface area (Å²) < 4.78 is 6.86. The molecule has 0 radical (unpaired) electrons. The second kappa shape index (κ2) is 5.85. The van der Waals surface area contributed by atoms with E-state index in [4.69, 9.17) is 10.5 Å². The molecule has 0 fully saturated rings. The monoisotopic (exact) mass is 332 g/mol. The third kappa shape index (κ3) is 2.97. The van der Waals surface area contributed by atoms with E-state index in [0.717, 1.165) is 42.2 Å². The average molecular weight is 333 g/mol. The molecule has 2 aromatic rings. The molecule has 2 aromatic carbocycles. The zero-order valence-electron chi connectivity index (χ0n) is 11.2. The standard InChI is InChI=1S/C16H17BrN2O/c17-15-9-14(18)6-5-12(15)10-19-7-8-20-16-4-2-1-3-13(16)11-19/h1-6,9H,7-8,10-11,18H2. The highest BCUT2D eigenvalue weighted by Gasteiger charge is 2.15. The fourth-order valence-electron chi connectivity index (χ4n) is 2.45. The van der Waals surface area contributed by atoms with Crippen molar-refractivity contribution < 1.29 is 4.74 Å². The lowest BCUT2D eigenvalue weighted by molar-refractivity contribution is 0.219. The molecule has 1 aliphatic heterocycles. The van der Waals surface area contributed by atoms with Crippen molar-refractivity contribution in [3.8, 4) is 5.75 Å². The summed E-state index contributed by atoms with van der Waals surface area (Å²) in [7, 11) is 0. The van der Waals surface area contributed by atoms with Crippen molar-refractivity contribution in [3.05, 3.63) is 58.1 Å². The lowest BCUT2D eigenvalue weighted by atomic mass is 10.1. The van der Waals surface area contributed by atoms with Crippen LogP contribution in [-0.4, -0.2) is 18.1 Å². The topological polar surface area (TPSA) is 38.5 Å². The van der Waals surface area contributed by atoms with Crippen LogP contribution >= 0.6 is 15.9 Å². The first-order valence-electron chi connectivity index (χ1n) is 6.69. The van der Waals surface area contributed by atoms with Gasteiger partial charge in [-0.25, -0.2) is 0 Å². The predicted molar refractivity (Wildman–Crippen MR) is 84.6 cm³/mol. The Kier molecular flexibility index (Phi) is 3.94. The maximum absolute atomic E-state index is 5.79. The van der Waals surface area contributed by atoms with Gasteiger partial charge in [0.25, 0.3) is 0 Å². The Balaban J connectivity index is 1.78. The van der Waals surface area contributed by atoms with E-state index in [1.54, 1.807) is 0 Å². The minimum Gasteiger partial charge on any atom is -0.492 e. The number of nitrogen functional groups attached to an aromatic ring is 1. The number of fused-ring (bicyclic) bond motifs is 1. The zero-order valence-corrected chi connectivity index (χ0v) is 12.8. The number of nitrogens with two attached hydrogens (primary N) is 1. The molecule has 20 heavy (non-hydrogen) atoms. The highest BCUT2D eigenvalue weighted by Crippen LogP contribution is 2.26. The first-order valence-corrected chi connectivity index (χ1v) is 7.48. The van der Waals surface area contributed by atoms with Gasteiger partial charge < -0.3 is 10.5 Å². The molecule has 3 rings (SSSR count). The van der Waals surface area contributed by atoms with Crippen LogP contribution < -0.4 is 10.5 Å². The van der Waals surface area contributed by atoms with Gasteiger partial charge in [-0.3, -0.25) is 4.90 Å². The van der Waals surface area contributed by atoms with Gasteiger partial charge in [0, 0.05) is 35.4 Å². The van der Waals surface area contributed by atoms with Crippen LogP contribution in [0.1, 0.15) is 11.1 Å². The van der Waals surface area contributed by atoms with E-state index in [0.29, 0.717) is 0 Å².